The normalized spacial score (nSPS) is 16.1. The molecule has 1 N–H and O–H groups in total. The highest BCUT2D eigenvalue weighted by molar-refractivity contribution is 7.80. The topological polar surface area (TPSA) is 85.2 Å². The van der Waals surface area contributed by atoms with Crippen molar-refractivity contribution in [3.05, 3.63) is 66.5 Å². The molecule has 9 heteroatoms. The number of rotatable bonds is 4. The molecule has 0 unspecified atom stereocenters. The van der Waals surface area contributed by atoms with Gasteiger partial charge in [0.25, 0.3) is 5.91 Å². The molecule has 1 atom stereocenters. The monoisotopic (exact) mass is 394 g/mol. The Labute approximate surface area is 167 Å². The zero-order valence-corrected chi connectivity index (χ0v) is 16.0. The summed E-state index contributed by atoms with van der Waals surface area (Å²) in [6.07, 6.45) is 4.87. The van der Waals surface area contributed by atoms with Gasteiger partial charge in [-0.1, -0.05) is 42.5 Å². The highest BCUT2D eigenvalue weighted by Gasteiger charge is 2.28. The Morgan fingerprint density at radius 2 is 2.14 bits per heavy atom. The van der Waals surface area contributed by atoms with Crippen molar-refractivity contribution in [2.24, 2.45) is 0 Å². The van der Waals surface area contributed by atoms with E-state index in [1.54, 1.807) is 28.0 Å². The number of anilines is 1. The molecule has 0 aliphatic carbocycles. The predicted octanol–water partition coefficient (Wildman–Crippen LogP) is 1.68. The van der Waals surface area contributed by atoms with Gasteiger partial charge < -0.3 is 15.0 Å². The number of amides is 1. The molecule has 0 fully saturated rings. The van der Waals surface area contributed by atoms with E-state index in [0.717, 1.165) is 11.3 Å². The third-order valence-corrected chi connectivity index (χ3v) is 4.95. The number of nitrogens with zero attached hydrogens (tertiary/aromatic N) is 5. The number of pyridine rings is 1. The molecule has 142 valence electrons. The van der Waals surface area contributed by atoms with Crippen molar-refractivity contribution in [2.45, 2.75) is 12.6 Å². The van der Waals surface area contributed by atoms with Crippen LogP contribution >= 0.6 is 12.2 Å². The van der Waals surface area contributed by atoms with Crippen LogP contribution in [-0.2, 0) is 6.54 Å². The number of carbonyl (C=O) groups excluding carboxylic acids is 1. The molecule has 1 aromatic carbocycles. The van der Waals surface area contributed by atoms with Gasteiger partial charge in [-0.05, 0) is 5.56 Å². The highest BCUT2D eigenvalue weighted by Crippen LogP contribution is 2.29. The first-order chi connectivity index (χ1) is 13.6. The molecule has 1 amide bonds. The average Bonchev–Trinajstić information content (AvgIpc) is 3.15. The van der Waals surface area contributed by atoms with Crippen molar-refractivity contribution >= 4 is 28.8 Å². The van der Waals surface area contributed by atoms with Gasteiger partial charge in [0.1, 0.15) is 35.4 Å². The van der Waals surface area contributed by atoms with Crippen LogP contribution in [0.15, 0.2) is 55.1 Å². The second-order valence-electron chi connectivity index (χ2n) is 6.33. The highest BCUT2D eigenvalue weighted by atomic mass is 32.1. The lowest BCUT2D eigenvalue weighted by Crippen LogP contribution is -2.48. The Hall–Kier alpha value is -3.33. The molecule has 8 nitrogen and oxygen atoms in total. The number of fused-ring (bicyclic) bond motifs is 1. The number of likely N-dealkylation sites (N-methyl/N-ethyl adjacent to an activating group) is 1. The number of ether oxygens (including phenoxy) is 1. The van der Waals surface area contributed by atoms with Gasteiger partial charge >= 0.3 is 0 Å². The lowest BCUT2D eigenvalue weighted by Gasteiger charge is -2.22. The molecule has 0 radical (unpaired) electrons. The molecule has 1 aliphatic rings. The fourth-order valence-electron chi connectivity index (χ4n) is 2.92. The SMILES string of the molecule is CN1C(=S)[C@@H](NC(=O)c2ncn(Cc3ccccc3)n2)COc2ccncc21. The van der Waals surface area contributed by atoms with E-state index in [9.17, 15) is 4.79 Å². The molecule has 1 aliphatic heterocycles. The van der Waals surface area contributed by atoms with Crippen LogP contribution in [0.3, 0.4) is 0 Å². The molecule has 28 heavy (non-hydrogen) atoms. The van der Waals surface area contributed by atoms with E-state index in [2.05, 4.69) is 20.4 Å². The smallest absolute Gasteiger partial charge is 0.291 e. The summed E-state index contributed by atoms with van der Waals surface area (Å²) < 4.78 is 7.42. The average molecular weight is 394 g/mol. The number of hydrogen-bond donors (Lipinski definition) is 1. The van der Waals surface area contributed by atoms with Crippen LogP contribution in [0.1, 0.15) is 16.2 Å². The summed E-state index contributed by atoms with van der Waals surface area (Å²) in [4.78, 5) is 23.2. The van der Waals surface area contributed by atoms with E-state index >= 15 is 0 Å². The maximum absolute atomic E-state index is 12.6. The Kier molecular flexibility index (Phi) is 4.98. The van der Waals surface area contributed by atoms with Crippen LogP contribution in [0.5, 0.6) is 5.75 Å². The van der Waals surface area contributed by atoms with Gasteiger partial charge in [-0.25, -0.2) is 9.67 Å². The summed E-state index contributed by atoms with van der Waals surface area (Å²) in [5, 5.41) is 7.13. The number of benzene rings is 1. The fraction of sp³-hybridized carbons (Fsp3) is 0.211. The molecule has 2 aromatic heterocycles. The number of hydrogen-bond acceptors (Lipinski definition) is 6. The van der Waals surface area contributed by atoms with Gasteiger partial charge in [0.15, 0.2) is 0 Å². The molecule has 0 saturated carbocycles. The Balaban J connectivity index is 1.45. The summed E-state index contributed by atoms with van der Waals surface area (Å²) in [5.41, 5.74) is 1.83. The summed E-state index contributed by atoms with van der Waals surface area (Å²) in [6, 6.07) is 11.1. The second kappa shape index (κ2) is 7.73. The number of carbonyl (C=O) groups is 1. The maximum atomic E-state index is 12.6. The van der Waals surface area contributed by atoms with E-state index in [1.807, 2.05) is 37.4 Å². The van der Waals surface area contributed by atoms with Gasteiger partial charge in [-0.2, -0.15) is 0 Å². The van der Waals surface area contributed by atoms with Crippen LogP contribution in [0.25, 0.3) is 0 Å². The Morgan fingerprint density at radius 3 is 2.96 bits per heavy atom. The Bertz CT molecular complexity index is 1010. The quantitative estimate of drug-likeness (QED) is 0.674. The zero-order chi connectivity index (χ0) is 19.5. The van der Waals surface area contributed by atoms with Crippen molar-refractivity contribution in [2.75, 3.05) is 18.6 Å². The van der Waals surface area contributed by atoms with E-state index in [1.165, 1.54) is 6.33 Å². The van der Waals surface area contributed by atoms with Gasteiger partial charge in [0.2, 0.25) is 5.82 Å². The van der Waals surface area contributed by atoms with E-state index < -0.39 is 11.9 Å². The van der Waals surface area contributed by atoms with E-state index in [-0.39, 0.29) is 12.4 Å². The fourth-order valence-corrected chi connectivity index (χ4v) is 3.14. The molecule has 0 saturated heterocycles. The largest absolute Gasteiger partial charge is 0.489 e. The van der Waals surface area contributed by atoms with E-state index in [4.69, 9.17) is 17.0 Å². The third kappa shape index (κ3) is 3.70. The third-order valence-electron chi connectivity index (χ3n) is 4.39. The lowest BCUT2D eigenvalue weighted by atomic mass is 10.2. The first kappa shape index (κ1) is 18.1. The Morgan fingerprint density at radius 1 is 1.32 bits per heavy atom. The first-order valence-corrected chi connectivity index (χ1v) is 9.11. The van der Waals surface area contributed by atoms with Gasteiger partial charge in [0.05, 0.1) is 12.7 Å². The molecule has 3 heterocycles. The van der Waals surface area contributed by atoms with Crippen molar-refractivity contribution in [1.29, 1.82) is 0 Å². The minimum Gasteiger partial charge on any atom is -0.489 e. The molecular weight excluding hydrogens is 376 g/mol. The summed E-state index contributed by atoms with van der Waals surface area (Å²) in [6.45, 7) is 0.758. The minimum atomic E-state index is -0.485. The first-order valence-electron chi connectivity index (χ1n) is 8.70. The molecule has 0 bridgehead atoms. The number of aromatic nitrogens is 4. The minimum absolute atomic E-state index is 0.0878. The molecule has 0 spiro atoms. The van der Waals surface area contributed by atoms with Crippen LogP contribution in [0, 0.1) is 0 Å². The molecule has 3 aromatic rings. The summed E-state index contributed by atoms with van der Waals surface area (Å²) >= 11 is 5.53. The van der Waals surface area contributed by atoms with Crippen molar-refractivity contribution in [3.63, 3.8) is 0 Å². The van der Waals surface area contributed by atoms with Crippen LogP contribution < -0.4 is 15.0 Å². The van der Waals surface area contributed by atoms with Gasteiger partial charge in [-0.3, -0.25) is 9.78 Å². The van der Waals surface area contributed by atoms with Crippen molar-refractivity contribution in [1.82, 2.24) is 25.1 Å². The van der Waals surface area contributed by atoms with Crippen LogP contribution in [-0.4, -0.2) is 50.3 Å². The maximum Gasteiger partial charge on any atom is 0.291 e. The molecular formula is C19H18N6O2S. The second-order valence-corrected chi connectivity index (χ2v) is 6.75. The van der Waals surface area contributed by atoms with E-state index in [0.29, 0.717) is 17.3 Å². The zero-order valence-electron chi connectivity index (χ0n) is 15.1. The summed E-state index contributed by atoms with van der Waals surface area (Å²) in [7, 11) is 1.82. The predicted molar refractivity (Wildman–Crippen MR) is 108 cm³/mol. The van der Waals surface area contributed by atoms with Crippen LogP contribution in [0.2, 0.25) is 0 Å². The van der Waals surface area contributed by atoms with Crippen molar-refractivity contribution < 1.29 is 9.53 Å². The standard InChI is InChI=1S/C19H18N6O2S/c1-24-15-9-20-8-7-16(15)27-11-14(19(24)28)22-18(26)17-21-12-25(23-17)10-13-5-3-2-4-6-13/h2-9,12,14H,10-11H2,1H3,(H,22,26)/t14-/m0/s1. The summed E-state index contributed by atoms with van der Waals surface area (Å²) in [5.74, 6) is 0.354. The number of thiocarbonyl (C=S) groups is 1. The van der Waals surface area contributed by atoms with Gasteiger partial charge in [0, 0.05) is 19.3 Å². The van der Waals surface area contributed by atoms with Crippen LogP contribution in [0.4, 0.5) is 5.69 Å². The molecule has 4 rings (SSSR count). The lowest BCUT2D eigenvalue weighted by molar-refractivity contribution is 0.0927. The van der Waals surface area contributed by atoms with Gasteiger partial charge in [-0.15, -0.1) is 5.10 Å². The van der Waals surface area contributed by atoms with Crippen molar-refractivity contribution in [3.8, 4) is 5.75 Å². The number of nitrogens with one attached hydrogen (secondary N) is 1.